The van der Waals surface area contributed by atoms with Crippen molar-refractivity contribution < 1.29 is 14.6 Å². The Morgan fingerprint density at radius 3 is 2.77 bits per heavy atom. The Kier molecular flexibility index (Phi) is 3.92. The number of ether oxygens (including phenoxy) is 1. The number of fused-ring (bicyclic) bond motifs is 1. The Hall–Kier alpha value is -2.19. The number of likely N-dealkylation sites (tertiary alicyclic amines) is 1. The summed E-state index contributed by atoms with van der Waals surface area (Å²) in [6.07, 6.45) is 2.28. The lowest BCUT2D eigenvalue weighted by Crippen LogP contribution is -2.62. The second kappa shape index (κ2) is 5.92. The first-order valence-corrected chi connectivity index (χ1v) is 9.09. The van der Waals surface area contributed by atoms with Crippen LogP contribution < -0.4 is 0 Å². The normalized spacial score (nSPS) is 24.3. The van der Waals surface area contributed by atoms with Crippen LogP contribution in [0.3, 0.4) is 0 Å². The number of amides is 1. The summed E-state index contributed by atoms with van der Waals surface area (Å²) in [6, 6.07) is 1.79. The second-order valence-corrected chi connectivity index (χ2v) is 7.35. The van der Waals surface area contributed by atoms with Crippen LogP contribution in [0.5, 0.6) is 0 Å². The Bertz CT molecular complexity index is 849. The van der Waals surface area contributed by atoms with Gasteiger partial charge in [0.05, 0.1) is 36.7 Å². The fraction of sp³-hybridized carbons (Fsp3) is 0.611. The van der Waals surface area contributed by atoms with Crippen LogP contribution in [0.2, 0.25) is 0 Å². The highest BCUT2D eigenvalue weighted by Crippen LogP contribution is 2.36. The standard InChI is InChI=1S/C18H25N5O3/c1-5-23-16(13-8-11(2)26-12(3)15(13)20-23)17(24)22-9-18(25,10-22)14-6-7-19-21(14)4/h6-7,11-12,25H,5,8-10H2,1-4H3/t11-,12+/m0/s1. The highest BCUT2D eigenvalue weighted by molar-refractivity contribution is 5.95. The van der Waals surface area contributed by atoms with Crippen molar-refractivity contribution in [3.63, 3.8) is 0 Å². The molecule has 4 heterocycles. The number of hydrogen-bond acceptors (Lipinski definition) is 5. The molecular weight excluding hydrogens is 334 g/mol. The van der Waals surface area contributed by atoms with E-state index in [9.17, 15) is 9.90 Å². The van der Waals surface area contributed by atoms with Crippen LogP contribution in [0.4, 0.5) is 0 Å². The van der Waals surface area contributed by atoms with Crippen molar-refractivity contribution in [2.75, 3.05) is 13.1 Å². The molecule has 1 N–H and O–H groups in total. The molecule has 1 amide bonds. The van der Waals surface area contributed by atoms with Gasteiger partial charge in [-0.3, -0.25) is 14.2 Å². The molecule has 0 aromatic carbocycles. The summed E-state index contributed by atoms with van der Waals surface area (Å²) in [5.74, 6) is -0.0752. The maximum absolute atomic E-state index is 13.2. The molecule has 4 rings (SSSR count). The molecule has 2 aliphatic rings. The zero-order valence-electron chi connectivity index (χ0n) is 15.6. The van der Waals surface area contributed by atoms with Gasteiger partial charge in [0, 0.05) is 31.8 Å². The van der Waals surface area contributed by atoms with Crippen LogP contribution in [0, 0.1) is 0 Å². The van der Waals surface area contributed by atoms with Gasteiger partial charge in [0.15, 0.2) is 0 Å². The van der Waals surface area contributed by atoms with Gasteiger partial charge in [0.1, 0.15) is 11.3 Å². The zero-order chi connectivity index (χ0) is 18.6. The fourth-order valence-corrected chi connectivity index (χ4v) is 4.13. The number of aliphatic hydroxyl groups is 1. The van der Waals surface area contributed by atoms with Gasteiger partial charge < -0.3 is 14.7 Å². The van der Waals surface area contributed by atoms with E-state index in [1.165, 1.54) is 0 Å². The number of aryl methyl sites for hydroxylation is 2. The molecule has 0 saturated carbocycles. The molecule has 2 aliphatic heterocycles. The molecule has 0 unspecified atom stereocenters. The van der Waals surface area contributed by atoms with Crippen LogP contribution >= 0.6 is 0 Å². The van der Waals surface area contributed by atoms with Gasteiger partial charge in [-0.1, -0.05) is 0 Å². The third-order valence-corrected chi connectivity index (χ3v) is 5.39. The largest absolute Gasteiger partial charge is 0.380 e. The molecule has 2 atom stereocenters. The Labute approximate surface area is 152 Å². The van der Waals surface area contributed by atoms with Gasteiger partial charge in [-0.25, -0.2) is 0 Å². The number of nitrogens with zero attached hydrogens (tertiary/aromatic N) is 5. The predicted octanol–water partition coefficient (Wildman–Crippen LogP) is 1.00. The molecule has 0 bridgehead atoms. The van der Waals surface area contributed by atoms with Crippen LogP contribution in [-0.2, 0) is 30.4 Å². The van der Waals surface area contributed by atoms with E-state index in [-0.39, 0.29) is 31.2 Å². The predicted molar refractivity (Wildman–Crippen MR) is 93.6 cm³/mol. The highest BCUT2D eigenvalue weighted by atomic mass is 16.5. The second-order valence-electron chi connectivity index (χ2n) is 7.35. The fourth-order valence-electron chi connectivity index (χ4n) is 4.13. The molecule has 2 aromatic rings. The van der Waals surface area contributed by atoms with E-state index < -0.39 is 5.60 Å². The first-order valence-electron chi connectivity index (χ1n) is 9.09. The summed E-state index contributed by atoms with van der Waals surface area (Å²) in [5, 5.41) is 19.5. The maximum atomic E-state index is 13.2. The summed E-state index contributed by atoms with van der Waals surface area (Å²) in [6.45, 7) is 7.11. The lowest BCUT2D eigenvalue weighted by atomic mass is 9.89. The number of rotatable bonds is 3. The van der Waals surface area contributed by atoms with Crippen molar-refractivity contribution in [2.24, 2.45) is 7.05 Å². The minimum absolute atomic E-state index is 0.0568. The monoisotopic (exact) mass is 359 g/mol. The van der Waals surface area contributed by atoms with E-state index in [1.54, 1.807) is 33.6 Å². The van der Waals surface area contributed by atoms with E-state index in [0.29, 0.717) is 18.7 Å². The molecule has 26 heavy (non-hydrogen) atoms. The zero-order valence-corrected chi connectivity index (χ0v) is 15.6. The number of carbonyl (C=O) groups excluding carboxylic acids is 1. The molecule has 0 radical (unpaired) electrons. The minimum atomic E-state index is -1.04. The van der Waals surface area contributed by atoms with E-state index >= 15 is 0 Å². The van der Waals surface area contributed by atoms with Gasteiger partial charge in [-0.15, -0.1) is 0 Å². The quantitative estimate of drug-likeness (QED) is 0.884. The van der Waals surface area contributed by atoms with Crippen molar-refractivity contribution >= 4 is 5.91 Å². The van der Waals surface area contributed by atoms with Crippen molar-refractivity contribution in [2.45, 2.75) is 51.5 Å². The summed E-state index contributed by atoms with van der Waals surface area (Å²) >= 11 is 0. The van der Waals surface area contributed by atoms with Crippen molar-refractivity contribution in [1.29, 1.82) is 0 Å². The van der Waals surface area contributed by atoms with E-state index in [1.807, 2.05) is 20.8 Å². The number of carbonyl (C=O) groups is 1. The van der Waals surface area contributed by atoms with Crippen molar-refractivity contribution in [3.05, 3.63) is 34.9 Å². The first kappa shape index (κ1) is 17.2. The molecule has 8 heteroatoms. The molecule has 0 spiro atoms. The van der Waals surface area contributed by atoms with Crippen molar-refractivity contribution in [3.8, 4) is 0 Å². The Morgan fingerprint density at radius 2 is 2.15 bits per heavy atom. The van der Waals surface area contributed by atoms with Crippen LogP contribution in [0.1, 0.15) is 54.3 Å². The summed E-state index contributed by atoms with van der Waals surface area (Å²) in [7, 11) is 1.79. The third kappa shape index (κ3) is 2.47. The van der Waals surface area contributed by atoms with Crippen LogP contribution in [0.15, 0.2) is 12.3 Å². The molecule has 140 valence electrons. The lowest BCUT2D eigenvalue weighted by Gasteiger charge is -2.46. The summed E-state index contributed by atoms with van der Waals surface area (Å²) < 4.78 is 9.27. The minimum Gasteiger partial charge on any atom is -0.380 e. The summed E-state index contributed by atoms with van der Waals surface area (Å²) in [5.41, 5.74) is 2.16. The lowest BCUT2D eigenvalue weighted by molar-refractivity contribution is -0.0918. The molecule has 1 saturated heterocycles. The van der Waals surface area contributed by atoms with Gasteiger partial charge in [-0.05, 0) is 26.8 Å². The average Bonchev–Trinajstić information content (AvgIpc) is 3.15. The molecule has 8 nitrogen and oxygen atoms in total. The Morgan fingerprint density at radius 1 is 1.42 bits per heavy atom. The SMILES string of the molecule is CCn1nc2c(c1C(=O)N1CC(O)(c3ccnn3C)C1)C[C@H](C)O[C@@H]2C. The Balaban J connectivity index is 1.61. The van der Waals surface area contributed by atoms with Gasteiger partial charge >= 0.3 is 0 Å². The first-order chi connectivity index (χ1) is 12.3. The molecular formula is C18H25N5O3. The number of β-amino-alcohol motifs (C(OH)–C–C–N with tert-alkyl or cyclic N) is 1. The number of hydrogen-bond donors (Lipinski definition) is 1. The van der Waals surface area contributed by atoms with Crippen LogP contribution in [-0.4, -0.2) is 54.7 Å². The third-order valence-electron chi connectivity index (χ3n) is 5.39. The topological polar surface area (TPSA) is 85.4 Å². The average molecular weight is 359 g/mol. The molecule has 2 aromatic heterocycles. The summed E-state index contributed by atoms with van der Waals surface area (Å²) in [4.78, 5) is 14.9. The smallest absolute Gasteiger partial charge is 0.272 e. The van der Waals surface area contributed by atoms with E-state index in [0.717, 1.165) is 17.0 Å². The highest BCUT2D eigenvalue weighted by Gasteiger charge is 2.48. The van der Waals surface area contributed by atoms with E-state index in [2.05, 4.69) is 10.2 Å². The maximum Gasteiger partial charge on any atom is 0.272 e. The molecule has 1 fully saturated rings. The van der Waals surface area contributed by atoms with Gasteiger partial charge in [0.25, 0.3) is 5.91 Å². The number of aromatic nitrogens is 4. The van der Waals surface area contributed by atoms with E-state index in [4.69, 9.17) is 4.74 Å². The van der Waals surface area contributed by atoms with Crippen LogP contribution in [0.25, 0.3) is 0 Å². The molecule has 0 aliphatic carbocycles. The van der Waals surface area contributed by atoms with Crippen molar-refractivity contribution in [1.82, 2.24) is 24.5 Å². The van der Waals surface area contributed by atoms with Gasteiger partial charge in [0.2, 0.25) is 0 Å². The van der Waals surface area contributed by atoms with Gasteiger partial charge in [-0.2, -0.15) is 10.2 Å².